The second-order valence-electron chi connectivity index (χ2n) is 18.3. The summed E-state index contributed by atoms with van der Waals surface area (Å²) in [6.45, 7) is 6.82. The molecule has 9 rings (SSSR count). The summed E-state index contributed by atoms with van der Waals surface area (Å²) in [7, 11) is 0. The lowest BCUT2D eigenvalue weighted by atomic mass is 9.99. The zero-order valence-electron chi connectivity index (χ0n) is 39.3. The maximum absolute atomic E-state index is 5.57. The van der Waals surface area contributed by atoms with Crippen LogP contribution in [-0.2, 0) is 19.3 Å². The predicted octanol–water partition coefficient (Wildman–Crippen LogP) is 17.1. The second-order valence-corrected chi connectivity index (χ2v) is 18.3. The van der Waals surface area contributed by atoms with Crippen LogP contribution in [0.25, 0.3) is 90.9 Å². The molecule has 334 valence electrons. The summed E-state index contributed by atoms with van der Waals surface area (Å²) in [6.07, 6.45) is 30.9. The third-order valence-electron chi connectivity index (χ3n) is 13.4. The van der Waals surface area contributed by atoms with Crippen molar-refractivity contribution in [3.8, 4) is 44.5 Å². The Morgan fingerprint density at radius 2 is 0.682 bits per heavy atom. The minimum Gasteiger partial charge on any atom is -0.354 e. The summed E-state index contributed by atoms with van der Waals surface area (Å²) >= 11 is 0. The number of nitrogens with zero attached hydrogens (tertiary/aromatic N) is 3. The Bertz CT molecular complexity index is 2890. The molecule has 0 spiro atoms. The van der Waals surface area contributed by atoms with E-state index in [-0.39, 0.29) is 0 Å². The Morgan fingerprint density at radius 3 is 0.985 bits per heavy atom. The Hall–Kier alpha value is -6.59. The van der Waals surface area contributed by atoms with E-state index in [2.05, 4.69) is 163 Å². The van der Waals surface area contributed by atoms with Crippen LogP contribution in [0.3, 0.4) is 0 Å². The summed E-state index contributed by atoms with van der Waals surface area (Å²) < 4.78 is 0. The van der Waals surface area contributed by atoms with Crippen LogP contribution in [0.2, 0.25) is 0 Å². The van der Waals surface area contributed by atoms with E-state index in [4.69, 9.17) is 9.97 Å². The molecule has 2 aliphatic heterocycles. The van der Waals surface area contributed by atoms with Crippen molar-refractivity contribution in [2.24, 2.45) is 0 Å². The van der Waals surface area contributed by atoms with Gasteiger partial charge >= 0.3 is 0 Å². The standard InChI is InChI=1S/C61H65N5/c1-4-7-10-13-17-43-21-27-46(28-22-43)58-50-33-35-52(63-50)59(47-29-23-44(24-30-47)18-14-11-8-5-2)54-37-39-56(65-54)61(49-20-16-41-62-42-49)57-40-38-55(66-57)60(53-36-34-51(58)64-53)48-31-25-45(26-32-48)19-15-12-9-6-3/h16,20-42,63,66H,4-15,17-19H2,1-3H3. The number of unbranched alkanes of at least 4 members (excludes halogenated alkanes) is 9. The lowest BCUT2D eigenvalue weighted by Crippen LogP contribution is -1.91. The molecule has 6 heterocycles. The number of hydrogen-bond donors (Lipinski definition) is 2. The zero-order chi connectivity index (χ0) is 45.1. The van der Waals surface area contributed by atoms with Gasteiger partial charge in [0.25, 0.3) is 0 Å². The molecule has 4 aromatic heterocycles. The summed E-state index contributed by atoms with van der Waals surface area (Å²) in [5, 5.41) is 0. The van der Waals surface area contributed by atoms with Gasteiger partial charge in [0.1, 0.15) is 0 Å². The molecule has 0 saturated heterocycles. The topological polar surface area (TPSA) is 70.2 Å². The molecule has 0 radical (unpaired) electrons. The summed E-state index contributed by atoms with van der Waals surface area (Å²) in [6, 6.07) is 40.6. The van der Waals surface area contributed by atoms with Gasteiger partial charge in [0.2, 0.25) is 0 Å². The van der Waals surface area contributed by atoms with E-state index < -0.39 is 0 Å². The Kier molecular flexibility index (Phi) is 14.6. The molecule has 5 nitrogen and oxygen atoms in total. The first-order valence-corrected chi connectivity index (χ1v) is 24.9. The molecule has 0 saturated carbocycles. The summed E-state index contributed by atoms with van der Waals surface area (Å²) in [5.74, 6) is 0. The van der Waals surface area contributed by atoms with Gasteiger partial charge in [0, 0.05) is 62.3 Å². The number of fused-ring (bicyclic) bond motifs is 8. The molecule has 7 aromatic rings. The molecule has 0 atom stereocenters. The number of benzene rings is 3. The first-order valence-electron chi connectivity index (χ1n) is 24.9. The summed E-state index contributed by atoms with van der Waals surface area (Å²) in [5.41, 5.74) is 20.4. The van der Waals surface area contributed by atoms with Gasteiger partial charge in [-0.25, -0.2) is 9.97 Å². The van der Waals surface area contributed by atoms with E-state index in [9.17, 15) is 0 Å². The number of rotatable bonds is 19. The van der Waals surface area contributed by atoms with E-state index in [1.807, 2.05) is 18.5 Å². The fourth-order valence-electron chi connectivity index (χ4n) is 9.71. The molecular weight excluding hydrogens is 803 g/mol. The van der Waals surface area contributed by atoms with Crippen molar-refractivity contribution in [3.05, 3.63) is 161 Å². The highest BCUT2D eigenvalue weighted by Gasteiger charge is 2.19. The second kappa shape index (κ2) is 21.6. The molecule has 0 unspecified atom stereocenters. The molecule has 0 fully saturated rings. The average Bonchev–Trinajstić information content (AvgIpc) is 4.21. The molecule has 5 heteroatoms. The third-order valence-corrected chi connectivity index (χ3v) is 13.4. The van der Waals surface area contributed by atoms with Crippen LogP contribution in [0, 0.1) is 0 Å². The highest BCUT2D eigenvalue weighted by Crippen LogP contribution is 2.39. The van der Waals surface area contributed by atoms with Crippen LogP contribution in [0.5, 0.6) is 0 Å². The molecule has 8 bridgehead atoms. The zero-order valence-corrected chi connectivity index (χ0v) is 39.3. The van der Waals surface area contributed by atoms with Gasteiger partial charge in [0.05, 0.1) is 22.8 Å². The van der Waals surface area contributed by atoms with Crippen LogP contribution < -0.4 is 0 Å². The highest BCUT2D eigenvalue weighted by molar-refractivity contribution is 5.99. The van der Waals surface area contributed by atoms with Gasteiger partial charge < -0.3 is 9.97 Å². The van der Waals surface area contributed by atoms with Crippen molar-refractivity contribution in [1.82, 2.24) is 24.9 Å². The Labute approximate surface area is 392 Å². The minimum atomic E-state index is 0.889. The van der Waals surface area contributed by atoms with Crippen molar-refractivity contribution in [2.75, 3.05) is 0 Å². The Balaban J connectivity index is 1.29. The van der Waals surface area contributed by atoms with E-state index in [0.717, 1.165) is 109 Å². The lowest BCUT2D eigenvalue weighted by molar-refractivity contribution is 0.667. The van der Waals surface area contributed by atoms with Crippen LogP contribution in [-0.4, -0.2) is 24.9 Å². The van der Waals surface area contributed by atoms with Crippen LogP contribution in [0.15, 0.2) is 122 Å². The van der Waals surface area contributed by atoms with Gasteiger partial charge in [-0.1, -0.05) is 157 Å². The fraction of sp³-hybridized carbons (Fsp3) is 0.295. The number of pyridine rings is 1. The van der Waals surface area contributed by atoms with Crippen LogP contribution in [0.1, 0.15) is 137 Å². The van der Waals surface area contributed by atoms with E-state index in [0.29, 0.717) is 0 Å². The maximum Gasteiger partial charge on any atom is 0.0737 e. The fourth-order valence-corrected chi connectivity index (χ4v) is 9.71. The number of nitrogens with one attached hydrogen (secondary N) is 2. The Morgan fingerprint density at radius 1 is 0.348 bits per heavy atom. The minimum absolute atomic E-state index is 0.889. The van der Waals surface area contributed by atoms with Crippen molar-refractivity contribution >= 4 is 46.4 Å². The molecule has 66 heavy (non-hydrogen) atoms. The van der Waals surface area contributed by atoms with Gasteiger partial charge in [-0.2, -0.15) is 0 Å². The average molecular weight is 868 g/mol. The highest BCUT2D eigenvalue weighted by atomic mass is 14.8. The van der Waals surface area contributed by atoms with Crippen molar-refractivity contribution < 1.29 is 0 Å². The molecule has 0 amide bonds. The third kappa shape index (κ3) is 10.3. The molecular formula is C61H65N5. The maximum atomic E-state index is 5.57. The van der Waals surface area contributed by atoms with Gasteiger partial charge in [-0.15, -0.1) is 0 Å². The SMILES string of the molecule is CCCCCCc1ccc(-c2c3nc(c(-c4ccc(CCCCCC)cc4)c4ccc([nH]4)c(-c4cccnc4)c4nc(c(-c5ccc(CCCCCC)cc5)c5ccc2[nH]5)C=C4)C=C3)cc1. The number of aromatic nitrogens is 5. The number of aromatic amines is 2. The van der Waals surface area contributed by atoms with E-state index in [1.165, 1.54) is 93.7 Å². The van der Waals surface area contributed by atoms with E-state index in [1.54, 1.807) is 0 Å². The summed E-state index contributed by atoms with van der Waals surface area (Å²) in [4.78, 5) is 23.5. The van der Waals surface area contributed by atoms with Gasteiger partial charge in [-0.05, 0) is 127 Å². The number of hydrogen-bond acceptors (Lipinski definition) is 3. The number of aryl methyl sites for hydroxylation is 3. The van der Waals surface area contributed by atoms with Crippen molar-refractivity contribution in [1.29, 1.82) is 0 Å². The molecule has 0 aliphatic carbocycles. The number of H-pyrrole nitrogens is 2. The molecule has 3 aromatic carbocycles. The lowest BCUT2D eigenvalue weighted by Gasteiger charge is -2.09. The smallest absolute Gasteiger partial charge is 0.0737 e. The largest absolute Gasteiger partial charge is 0.354 e. The van der Waals surface area contributed by atoms with Gasteiger partial charge in [0.15, 0.2) is 0 Å². The van der Waals surface area contributed by atoms with E-state index >= 15 is 0 Å². The predicted molar refractivity (Wildman–Crippen MR) is 282 cm³/mol. The van der Waals surface area contributed by atoms with Crippen molar-refractivity contribution in [2.45, 2.75) is 117 Å². The van der Waals surface area contributed by atoms with Crippen LogP contribution in [0.4, 0.5) is 0 Å². The molecule has 2 aliphatic rings. The monoisotopic (exact) mass is 868 g/mol. The van der Waals surface area contributed by atoms with Crippen LogP contribution >= 0.6 is 0 Å². The normalized spacial score (nSPS) is 12.0. The van der Waals surface area contributed by atoms with Gasteiger partial charge in [-0.3, -0.25) is 4.98 Å². The van der Waals surface area contributed by atoms with Crippen molar-refractivity contribution in [3.63, 3.8) is 0 Å². The first-order chi connectivity index (χ1) is 32.6. The molecule has 2 N–H and O–H groups in total. The quantitative estimate of drug-likeness (QED) is 0.0796. The first kappa shape index (κ1) is 44.6.